The van der Waals surface area contributed by atoms with E-state index in [9.17, 15) is 9.59 Å². The summed E-state index contributed by atoms with van der Waals surface area (Å²) >= 11 is 0. The van der Waals surface area contributed by atoms with E-state index in [0.717, 1.165) is 0 Å². The summed E-state index contributed by atoms with van der Waals surface area (Å²) in [5.41, 5.74) is -0.0591. The van der Waals surface area contributed by atoms with Crippen LogP contribution in [-0.2, 0) is 15.1 Å². The van der Waals surface area contributed by atoms with Gasteiger partial charge in [0.2, 0.25) is 0 Å². The van der Waals surface area contributed by atoms with Crippen molar-refractivity contribution in [2.75, 3.05) is 6.61 Å². The van der Waals surface area contributed by atoms with Crippen LogP contribution in [-0.4, -0.2) is 18.5 Å². The molecule has 1 amide bonds. The summed E-state index contributed by atoms with van der Waals surface area (Å²) in [7, 11) is 0. The third-order valence-corrected chi connectivity index (χ3v) is 3.43. The Hall–Kier alpha value is -2.62. The van der Waals surface area contributed by atoms with E-state index in [1.807, 2.05) is 24.3 Å². The van der Waals surface area contributed by atoms with Gasteiger partial charge in [-0.2, -0.15) is 0 Å². The lowest BCUT2D eigenvalue weighted by atomic mass is 9.91. The number of carbonyl (C=O) groups is 2. The minimum atomic E-state index is -1.23. The van der Waals surface area contributed by atoms with Gasteiger partial charge in [0.05, 0.1) is 6.61 Å². The first-order chi connectivity index (χ1) is 10.6. The predicted molar refractivity (Wildman–Crippen MR) is 84.3 cm³/mol. The van der Waals surface area contributed by atoms with Crippen molar-refractivity contribution in [3.8, 4) is 0 Å². The number of ether oxygens (including phenoxy) is 1. The molecule has 0 aliphatic carbocycles. The molecule has 0 saturated heterocycles. The second kappa shape index (κ2) is 6.89. The SMILES string of the molecule is CCOC(=O)[C@](C)(NC(=O)c1ccccc1)c1ccccc1. The Kier molecular flexibility index (Phi) is 4.94. The van der Waals surface area contributed by atoms with Crippen LogP contribution in [0.15, 0.2) is 60.7 Å². The molecule has 2 rings (SSSR count). The summed E-state index contributed by atoms with van der Waals surface area (Å²) in [6, 6.07) is 17.9. The van der Waals surface area contributed by atoms with Crippen molar-refractivity contribution in [2.24, 2.45) is 0 Å². The van der Waals surface area contributed by atoms with Crippen molar-refractivity contribution < 1.29 is 14.3 Å². The maximum Gasteiger partial charge on any atom is 0.336 e. The van der Waals surface area contributed by atoms with Crippen molar-refractivity contribution in [3.05, 3.63) is 71.8 Å². The molecule has 0 aliphatic heterocycles. The largest absolute Gasteiger partial charge is 0.464 e. The summed E-state index contributed by atoms with van der Waals surface area (Å²) in [4.78, 5) is 24.8. The highest BCUT2D eigenvalue weighted by molar-refractivity contribution is 5.98. The minimum absolute atomic E-state index is 0.252. The lowest BCUT2D eigenvalue weighted by molar-refractivity contribution is -0.150. The number of hydrogen-bond donors (Lipinski definition) is 1. The highest BCUT2D eigenvalue weighted by Gasteiger charge is 2.38. The third-order valence-electron chi connectivity index (χ3n) is 3.43. The molecule has 0 aliphatic rings. The number of hydrogen-bond acceptors (Lipinski definition) is 3. The molecule has 0 aromatic heterocycles. The third kappa shape index (κ3) is 3.34. The Bertz CT molecular complexity index is 640. The van der Waals surface area contributed by atoms with E-state index in [1.54, 1.807) is 50.2 Å². The van der Waals surface area contributed by atoms with Gasteiger partial charge in [-0.3, -0.25) is 4.79 Å². The minimum Gasteiger partial charge on any atom is -0.464 e. The average Bonchev–Trinajstić information content (AvgIpc) is 2.56. The second-order valence-corrected chi connectivity index (χ2v) is 5.03. The fourth-order valence-electron chi connectivity index (χ4n) is 2.18. The molecule has 4 heteroatoms. The lowest BCUT2D eigenvalue weighted by Gasteiger charge is -2.29. The Balaban J connectivity index is 2.33. The Morgan fingerprint density at radius 3 is 2.09 bits per heavy atom. The molecule has 2 aromatic carbocycles. The first kappa shape index (κ1) is 15.8. The van der Waals surface area contributed by atoms with Crippen molar-refractivity contribution in [2.45, 2.75) is 19.4 Å². The van der Waals surface area contributed by atoms with Crippen LogP contribution in [0.5, 0.6) is 0 Å². The monoisotopic (exact) mass is 297 g/mol. The van der Waals surface area contributed by atoms with Gasteiger partial charge in [0.1, 0.15) is 0 Å². The summed E-state index contributed by atoms with van der Waals surface area (Å²) in [6.45, 7) is 3.64. The molecule has 0 spiro atoms. The quantitative estimate of drug-likeness (QED) is 0.863. The fourth-order valence-corrected chi connectivity index (χ4v) is 2.18. The van der Waals surface area contributed by atoms with Crippen LogP contribution >= 0.6 is 0 Å². The van der Waals surface area contributed by atoms with Gasteiger partial charge in [0.25, 0.3) is 5.91 Å². The van der Waals surface area contributed by atoms with E-state index in [4.69, 9.17) is 4.74 Å². The molecule has 4 nitrogen and oxygen atoms in total. The second-order valence-electron chi connectivity index (χ2n) is 5.03. The Morgan fingerprint density at radius 1 is 1.00 bits per heavy atom. The number of carbonyl (C=O) groups excluding carboxylic acids is 2. The van der Waals surface area contributed by atoms with Crippen molar-refractivity contribution >= 4 is 11.9 Å². The lowest BCUT2D eigenvalue weighted by Crippen LogP contribution is -2.50. The molecule has 2 aromatic rings. The van der Waals surface area contributed by atoms with Crippen LogP contribution < -0.4 is 5.32 Å². The van der Waals surface area contributed by atoms with Crippen LogP contribution in [0.1, 0.15) is 29.8 Å². The molecule has 114 valence electrons. The number of rotatable bonds is 5. The van der Waals surface area contributed by atoms with Gasteiger partial charge in [0.15, 0.2) is 5.54 Å². The molecule has 0 bridgehead atoms. The molecule has 0 radical (unpaired) electrons. The maximum atomic E-state index is 12.4. The normalized spacial score (nSPS) is 13.0. The number of amides is 1. The molecule has 0 saturated carbocycles. The van der Waals surface area contributed by atoms with Crippen molar-refractivity contribution in [3.63, 3.8) is 0 Å². The maximum absolute atomic E-state index is 12.4. The van der Waals surface area contributed by atoms with E-state index in [1.165, 1.54) is 0 Å². The molecule has 0 heterocycles. The zero-order chi connectivity index (χ0) is 16.0. The molecule has 22 heavy (non-hydrogen) atoms. The molecule has 1 N–H and O–H groups in total. The summed E-state index contributed by atoms with van der Waals surface area (Å²) in [5.74, 6) is -0.800. The van der Waals surface area contributed by atoms with Crippen LogP contribution in [0.3, 0.4) is 0 Å². The average molecular weight is 297 g/mol. The van der Waals surface area contributed by atoms with Gasteiger partial charge in [0, 0.05) is 5.56 Å². The van der Waals surface area contributed by atoms with E-state index >= 15 is 0 Å². The standard InChI is InChI=1S/C18H19NO3/c1-3-22-17(21)18(2,15-12-8-5-9-13-15)19-16(20)14-10-6-4-7-11-14/h4-13H,3H2,1-2H3,(H,19,20)/t18-/m1/s1. The van der Waals surface area contributed by atoms with E-state index in [2.05, 4.69) is 5.32 Å². The van der Waals surface area contributed by atoms with Crippen LogP contribution in [0.25, 0.3) is 0 Å². The first-order valence-corrected chi connectivity index (χ1v) is 7.18. The molecule has 1 atom stereocenters. The van der Waals surface area contributed by atoms with Crippen LogP contribution in [0.4, 0.5) is 0 Å². The number of benzene rings is 2. The van der Waals surface area contributed by atoms with Crippen LogP contribution in [0.2, 0.25) is 0 Å². The summed E-state index contributed by atoms with van der Waals surface area (Å²) in [5, 5.41) is 2.80. The first-order valence-electron chi connectivity index (χ1n) is 7.18. The van der Waals surface area contributed by atoms with Gasteiger partial charge < -0.3 is 10.1 Å². The Labute approximate surface area is 130 Å². The summed E-state index contributed by atoms with van der Waals surface area (Å²) in [6.07, 6.45) is 0. The van der Waals surface area contributed by atoms with Gasteiger partial charge in [-0.15, -0.1) is 0 Å². The molecular formula is C18H19NO3. The number of nitrogens with one attached hydrogen (secondary N) is 1. The summed E-state index contributed by atoms with van der Waals surface area (Å²) < 4.78 is 5.14. The zero-order valence-electron chi connectivity index (χ0n) is 12.7. The van der Waals surface area contributed by atoms with Gasteiger partial charge >= 0.3 is 5.97 Å². The molecule has 0 fully saturated rings. The highest BCUT2D eigenvalue weighted by atomic mass is 16.5. The van der Waals surface area contributed by atoms with Gasteiger partial charge in [-0.1, -0.05) is 48.5 Å². The fraction of sp³-hybridized carbons (Fsp3) is 0.222. The van der Waals surface area contributed by atoms with E-state index in [-0.39, 0.29) is 12.5 Å². The van der Waals surface area contributed by atoms with Crippen LogP contribution in [0, 0.1) is 0 Å². The predicted octanol–water partition coefficient (Wildman–Crippen LogP) is 2.89. The highest BCUT2D eigenvalue weighted by Crippen LogP contribution is 2.23. The van der Waals surface area contributed by atoms with E-state index < -0.39 is 11.5 Å². The topological polar surface area (TPSA) is 55.4 Å². The Morgan fingerprint density at radius 2 is 1.55 bits per heavy atom. The van der Waals surface area contributed by atoms with Crippen molar-refractivity contribution in [1.82, 2.24) is 5.32 Å². The van der Waals surface area contributed by atoms with Crippen molar-refractivity contribution in [1.29, 1.82) is 0 Å². The van der Waals surface area contributed by atoms with Gasteiger partial charge in [-0.25, -0.2) is 4.79 Å². The molecule has 0 unspecified atom stereocenters. The molecular weight excluding hydrogens is 278 g/mol. The van der Waals surface area contributed by atoms with Gasteiger partial charge in [-0.05, 0) is 31.5 Å². The smallest absolute Gasteiger partial charge is 0.336 e. The zero-order valence-corrected chi connectivity index (χ0v) is 12.7. The number of esters is 1. The van der Waals surface area contributed by atoms with E-state index in [0.29, 0.717) is 11.1 Å².